The predicted molar refractivity (Wildman–Crippen MR) is 75.4 cm³/mol. The van der Waals surface area contributed by atoms with E-state index in [-0.39, 0.29) is 5.75 Å². The Morgan fingerprint density at radius 3 is 2.84 bits per heavy atom. The van der Waals surface area contributed by atoms with Gasteiger partial charge in [-0.1, -0.05) is 25.6 Å². The maximum atomic E-state index is 13.4. The highest BCUT2D eigenvalue weighted by atomic mass is 32.1. The maximum absolute atomic E-state index is 13.4. The van der Waals surface area contributed by atoms with E-state index in [0.29, 0.717) is 10.5 Å². The summed E-state index contributed by atoms with van der Waals surface area (Å²) >= 11 is 5.15. The summed E-state index contributed by atoms with van der Waals surface area (Å²) in [4.78, 5) is 7.49. The first-order valence-corrected chi connectivity index (χ1v) is 6.49. The fourth-order valence-corrected chi connectivity index (χ4v) is 2.09. The summed E-state index contributed by atoms with van der Waals surface area (Å²) in [6.45, 7) is 2.10. The molecule has 3 nitrogen and oxygen atoms in total. The molecule has 2 rings (SSSR count). The Morgan fingerprint density at radius 1 is 1.37 bits per heavy atom. The summed E-state index contributed by atoms with van der Waals surface area (Å²) < 4.78 is 18.9. The summed E-state index contributed by atoms with van der Waals surface area (Å²) in [5.41, 5.74) is 1.78. The van der Waals surface area contributed by atoms with Gasteiger partial charge in [-0.2, -0.15) is 0 Å². The second-order valence-corrected chi connectivity index (χ2v) is 4.61. The summed E-state index contributed by atoms with van der Waals surface area (Å²) in [7, 11) is 1.44. The molecule has 1 aromatic carbocycles. The van der Waals surface area contributed by atoms with Gasteiger partial charge < -0.3 is 9.72 Å². The zero-order chi connectivity index (χ0) is 13.8. The summed E-state index contributed by atoms with van der Waals surface area (Å²) in [5, 5.41) is 0. The molecule has 0 bridgehead atoms. The number of nitrogens with one attached hydrogen (secondary N) is 1. The molecule has 0 fully saturated rings. The topological polar surface area (TPSA) is 37.9 Å². The van der Waals surface area contributed by atoms with Crippen molar-refractivity contribution in [3.05, 3.63) is 40.4 Å². The zero-order valence-corrected chi connectivity index (χ0v) is 11.7. The number of aryl methyl sites for hydroxylation is 1. The second kappa shape index (κ2) is 5.93. The van der Waals surface area contributed by atoms with Crippen LogP contribution in [0.3, 0.4) is 0 Å². The first-order chi connectivity index (χ1) is 9.13. The number of H-pyrrole nitrogens is 1. The average Bonchev–Trinajstić information content (AvgIpc) is 2.39. The lowest BCUT2D eigenvalue weighted by Gasteiger charge is -2.07. The van der Waals surface area contributed by atoms with E-state index < -0.39 is 5.82 Å². The van der Waals surface area contributed by atoms with E-state index in [0.717, 1.165) is 24.1 Å². The van der Waals surface area contributed by atoms with Crippen molar-refractivity contribution >= 4 is 12.2 Å². The summed E-state index contributed by atoms with van der Waals surface area (Å²) in [6.07, 6.45) is 1.92. The molecule has 0 saturated heterocycles. The van der Waals surface area contributed by atoms with Crippen molar-refractivity contribution in [1.82, 2.24) is 9.97 Å². The van der Waals surface area contributed by atoms with Crippen molar-refractivity contribution in [2.24, 2.45) is 0 Å². The van der Waals surface area contributed by atoms with Crippen LogP contribution in [0.1, 0.15) is 19.0 Å². The van der Waals surface area contributed by atoms with Crippen molar-refractivity contribution in [2.45, 2.75) is 19.8 Å². The quantitative estimate of drug-likeness (QED) is 0.862. The van der Waals surface area contributed by atoms with E-state index in [9.17, 15) is 4.39 Å². The monoisotopic (exact) mass is 278 g/mol. The fraction of sp³-hybridized carbons (Fsp3) is 0.286. The van der Waals surface area contributed by atoms with Crippen LogP contribution in [0.4, 0.5) is 4.39 Å². The van der Waals surface area contributed by atoms with Gasteiger partial charge in [0.1, 0.15) is 10.5 Å². The van der Waals surface area contributed by atoms with Crippen LogP contribution in [0, 0.1) is 10.5 Å². The number of rotatable bonds is 4. The maximum Gasteiger partial charge on any atom is 0.165 e. The van der Waals surface area contributed by atoms with Gasteiger partial charge in [-0.05, 0) is 30.7 Å². The van der Waals surface area contributed by atoms with E-state index in [1.807, 2.05) is 6.07 Å². The summed E-state index contributed by atoms with van der Waals surface area (Å²) in [6, 6.07) is 6.47. The standard InChI is InChI=1S/C14H15FN2OS/c1-3-4-10-8-13(19)17-14(16-10)9-5-6-11(15)12(7-9)18-2/h5-8H,3-4H2,1-2H3,(H,16,17,19). The third-order valence-corrected chi connectivity index (χ3v) is 2.95. The van der Waals surface area contributed by atoms with Gasteiger partial charge in [0.05, 0.1) is 7.11 Å². The fourth-order valence-electron chi connectivity index (χ4n) is 1.86. The Labute approximate surface area is 116 Å². The van der Waals surface area contributed by atoms with Gasteiger partial charge in [0.25, 0.3) is 0 Å². The Kier molecular flexibility index (Phi) is 4.27. The number of methoxy groups -OCH3 is 1. The minimum Gasteiger partial charge on any atom is -0.494 e. The number of hydrogen-bond donors (Lipinski definition) is 1. The average molecular weight is 278 g/mol. The Morgan fingerprint density at radius 2 is 2.16 bits per heavy atom. The molecule has 0 aliphatic carbocycles. The van der Waals surface area contributed by atoms with Crippen LogP contribution < -0.4 is 4.74 Å². The van der Waals surface area contributed by atoms with E-state index >= 15 is 0 Å². The van der Waals surface area contributed by atoms with Crippen LogP contribution in [0.25, 0.3) is 11.4 Å². The lowest BCUT2D eigenvalue weighted by Crippen LogP contribution is -1.97. The molecule has 1 aromatic heterocycles. The SMILES string of the molecule is CCCc1cc(=S)nc(-c2ccc(F)c(OC)c2)[nH]1. The zero-order valence-electron chi connectivity index (χ0n) is 10.9. The predicted octanol–water partition coefficient (Wildman–Crippen LogP) is 3.91. The first-order valence-electron chi connectivity index (χ1n) is 6.08. The molecular weight excluding hydrogens is 263 g/mol. The minimum atomic E-state index is -0.394. The van der Waals surface area contributed by atoms with Crippen molar-refractivity contribution in [3.8, 4) is 17.1 Å². The highest BCUT2D eigenvalue weighted by Crippen LogP contribution is 2.24. The Bertz CT molecular complexity index is 640. The third kappa shape index (κ3) is 3.17. The largest absolute Gasteiger partial charge is 0.494 e. The molecule has 0 aliphatic rings. The normalized spacial score (nSPS) is 10.5. The van der Waals surface area contributed by atoms with Crippen LogP contribution in [0.15, 0.2) is 24.3 Å². The Balaban J connectivity index is 2.49. The van der Waals surface area contributed by atoms with Crippen molar-refractivity contribution in [3.63, 3.8) is 0 Å². The lowest BCUT2D eigenvalue weighted by atomic mass is 10.2. The lowest BCUT2D eigenvalue weighted by molar-refractivity contribution is 0.386. The number of ether oxygens (including phenoxy) is 1. The van der Waals surface area contributed by atoms with E-state index in [2.05, 4.69) is 16.9 Å². The smallest absolute Gasteiger partial charge is 0.165 e. The molecule has 0 unspecified atom stereocenters. The van der Waals surface area contributed by atoms with Crippen molar-refractivity contribution < 1.29 is 9.13 Å². The van der Waals surface area contributed by atoms with Crippen LogP contribution in [0.2, 0.25) is 0 Å². The van der Waals surface area contributed by atoms with Gasteiger partial charge in [0.15, 0.2) is 11.6 Å². The molecule has 19 heavy (non-hydrogen) atoms. The van der Waals surface area contributed by atoms with Crippen LogP contribution in [0.5, 0.6) is 5.75 Å². The van der Waals surface area contributed by atoms with Crippen LogP contribution >= 0.6 is 12.2 Å². The number of aromatic amines is 1. The number of aromatic nitrogens is 2. The number of nitrogens with zero attached hydrogens (tertiary/aromatic N) is 1. The molecule has 0 atom stereocenters. The van der Waals surface area contributed by atoms with E-state index in [4.69, 9.17) is 17.0 Å². The Hall–Kier alpha value is -1.75. The van der Waals surface area contributed by atoms with Gasteiger partial charge >= 0.3 is 0 Å². The number of benzene rings is 1. The number of halogens is 1. The van der Waals surface area contributed by atoms with Crippen molar-refractivity contribution in [2.75, 3.05) is 7.11 Å². The van der Waals surface area contributed by atoms with E-state index in [1.54, 1.807) is 12.1 Å². The van der Waals surface area contributed by atoms with Gasteiger partial charge in [-0.15, -0.1) is 0 Å². The number of hydrogen-bond acceptors (Lipinski definition) is 3. The van der Waals surface area contributed by atoms with E-state index in [1.165, 1.54) is 13.2 Å². The molecule has 0 spiro atoms. The third-order valence-electron chi connectivity index (χ3n) is 2.74. The highest BCUT2D eigenvalue weighted by molar-refractivity contribution is 7.71. The van der Waals surface area contributed by atoms with Crippen LogP contribution in [-0.2, 0) is 6.42 Å². The molecule has 5 heteroatoms. The van der Waals surface area contributed by atoms with Crippen LogP contribution in [-0.4, -0.2) is 17.1 Å². The van der Waals surface area contributed by atoms with Gasteiger partial charge in [-0.25, -0.2) is 9.37 Å². The van der Waals surface area contributed by atoms with Gasteiger partial charge in [0, 0.05) is 11.3 Å². The molecule has 1 N–H and O–H groups in total. The molecule has 0 aliphatic heterocycles. The second-order valence-electron chi connectivity index (χ2n) is 4.19. The summed E-state index contributed by atoms with van der Waals surface area (Å²) in [5.74, 6) is 0.434. The molecular formula is C14H15FN2OS. The minimum absolute atomic E-state index is 0.194. The molecule has 0 saturated carbocycles. The molecule has 0 radical (unpaired) electrons. The van der Waals surface area contributed by atoms with Gasteiger partial charge in [0.2, 0.25) is 0 Å². The molecule has 100 valence electrons. The molecule has 2 aromatic rings. The molecule has 0 amide bonds. The van der Waals surface area contributed by atoms with Gasteiger partial charge in [-0.3, -0.25) is 0 Å². The van der Waals surface area contributed by atoms with Crippen molar-refractivity contribution in [1.29, 1.82) is 0 Å². The molecule has 1 heterocycles. The first kappa shape index (κ1) is 13.7. The highest BCUT2D eigenvalue weighted by Gasteiger charge is 2.07.